The van der Waals surface area contributed by atoms with Gasteiger partial charge in [-0.15, -0.1) is 0 Å². The first-order valence-electron chi connectivity index (χ1n) is 9.63. The summed E-state index contributed by atoms with van der Waals surface area (Å²) in [4.78, 5) is 14.5. The Balaban J connectivity index is 1.86. The van der Waals surface area contributed by atoms with Crippen molar-refractivity contribution in [3.63, 3.8) is 0 Å². The fourth-order valence-corrected chi connectivity index (χ4v) is 3.75. The van der Waals surface area contributed by atoms with Crippen LogP contribution in [0.4, 0.5) is 4.79 Å². The minimum atomic E-state index is -0.890. The molecule has 0 bridgehead atoms. The van der Waals surface area contributed by atoms with Gasteiger partial charge < -0.3 is 24.1 Å². The van der Waals surface area contributed by atoms with E-state index in [1.165, 1.54) is 0 Å². The normalized spacial score (nSPS) is 25.1. The van der Waals surface area contributed by atoms with Crippen molar-refractivity contribution in [3.8, 4) is 11.5 Å². The first-order chi connectivity index (χ1) is 12.8. The molecule has 0 radical (unpaired) electrons. The number of hydrogen-bond acceptors (Lipinski definition) is 6. The average Bonchev–Trinajstić information content (AvgIpc) is 2.96. The lowest BCUT2D eigenvalue weighted by Crippen LogP contribution is -2.51. The molecule has 1 aromatic carbocycles. The van der Waals surface area contributed by atoms with Gasteiger partial charge >= 0.3 is 6.09 Å². The van der Waals surface area contributed by atoms with Crippen molar-refractivity contribution >= 4 is 6.09 Å². The third-order valence-electron chi connectivity index (χ3n) is 4.72. The van der Waals surface area contributed by atoms with E-state index in [1.54, 1.807) is 4.90 Å². The van der Waals surface area contributed by atoms with Crippen LogP contribution < -0.4 is 9.47 Å². The summed E-state index contributed by atoms with van der Waals surface area (Å²) >= 11 is 0. The summed E-state index contributed by atoms with van der Waals surface area (Å²) in [6.45, 7) is 12.6. The van der Waals surface area contributed by atoms with Gasteiger partial charge in [0.2, 0.25) is 5.79 Å². The Morgan fingerprint density at radius 3 is 2.43 bits per heavy atom. The molecule has 156 valence electrons. The van der Waals surface area contributed by atoms with Crippen LogP contribution >= 0.6 is 0 Å². The molecule has 0 saturated carbocycles. The van der Waals surface area contributed by atoms with Crippen LogP contribution in [0, 0.1) is 0 Å². The Morgan fingerprint density at radius 1 is 1.18 bits per heavy atom. The van der Waals surface area contributed by atoms with E-state index in [2.05, 4.69) is 0 Å². The van der Waals surface area contributed by atoms with Gasteiger partial charge in [-0.1, -0.05) is 6.07 Å². The molecule has 2 heterocycles. The van der Waals surface area contributed by atoms with Gasteiger partial charge in [0, 0.05) is 13.8 Å². The molecule has 1 fully saturated rings. The maximum atomic E-state index is 12.9. The van der Waals surface area contributed by atoms with Crippen molar-refractivity contribution < 1.29 is 28.8 Å². The first-order valence-corrected chi connectivity index (χ1v) is 9.63. The summed E-state index contributed by atoms with van der Waals surface area (Å²) in [5.41, 5.74) is -0.559. The highest BCUT2D eigenvalue weighted by atomic mass is 16.7. The standard InChI is InChI=1S/C21H31NO6/c1-19(2,3)28-18(24)22-14(17(12-23)25-20(22,4)5)10-13-8-9-15-16(11-13)27-21(6,7)26-15/h8-9,11,14,17,23H,10,12H2,1-7H3/t14-,17?/m0/s1. The number of nitrogens with zero attached hydrogens (tertiary/aromatic N) is 1. The van der Waals surface area contributed by atoms with E-state index in [4.69, 9.17) is 18.9 Å². The summed E-state index contributed by atoms with van der Waals surface area (Å²) in [5, 5.41) is 9.85. The second-order valence-electron chi connectivity index (χ2n) is 9.29. The second-order valence-corrected chi connectivity index (χ2v) is 9.29. The van der Waals surface area contributed by atoms with Crippen LogP contribution in [0.5, 0.6) is 11.5 Å². The maximum absolute atomic E-state index is 12.9. The van der Waals surface area contributed by atoms with Crippen LogP contribution in [0.15, 0.2) is 18.2 Å². The lowest BCUT2D eigenvalue weighted by atomic mass is 10.00. The Kier molecular flexibility index (Phi) is 5.04. The van der Waals surface area contributed by atoms with Gasteiger partial charge in [0.25, 0.3) is 0 Å². The average molecular weight is 393 g/mol. The highest BCUT2D eigenvalue weighted by Crippen LogP contribution is 2.41. The number of carbonyl (C=O) groups is 1. The number of rotatable bonds is 3. The van der Waals surface area contributed by atoms with Crippen LogP contribution in [0.2, 0.25) is 0 Å². The van der Waals surface area contributed by atoms with Crippen molar-refractivity contribution in [2.75, 3.05) is 6.61 Å². The van der Waals surface area contributed by atoms with Crippen LogP contribution in [-0.4, -0.2) is 52.0 Å². The van der Waals surface area contributed by atoms with Crippen molar-refractivity contribution in [2.45, 2.75) is 84.1 Å². The van der Waals surface area contributed by atoms with E-state index in [0.717, 1.165) is 5.56 Å². The number of fused-ring (bicyclic) bond motifs is 1. The molecule has 7 heteroatoms. The van der Waals surface area contributed by atoms with Crippen molar-refractivity contribution in [2.24, 2.45) is 0 Å². The SMILES string of the molecule is CC(C)(C)OC(=O)N1[C@@H](Cc2ccc3c(c2)OC(C)(C)O3)C(CO)OC1(C)C. The van der Waals surface area contributed by atoms with E-state index in [-0.39, 0.29) is 12.6 Å². The van der Waals surface area contributed by atoms with Crippen LogP contribution in [0.3, 0.4) is 0 Å². The highest BCUT2D eigenvalue weighted by Gasteiger charge is 2.51. The van der Waals surface area contributed by atoms with Crippen molar-refractivity contribution in [1.82, 2.24) is 4.90 Å². The molecule has 2 aliphatic rings. The molecular formula is C21H31NO6. The third-order valence-corrected chi connectivity index (χ3v) is 4.72. The van der Waals surface area contributed by atoms with Gasteiger partial charge in [-0.2, -0.15) is 0 Å². The summed E-state index contributed by atoms with van der Waals surface area (Å²) in [6, 6.07) is 5.35. The minimum Gasteiger partial charge on any atom is -0.449 e. The molecule has 2 aliphatic heterocycles. The molecule has 1 amide bonds. The number of hydrogen-bond donors (Lipinski definition) is 1. The molecule has 0 aliphatic carbocycles. The predicted molar refractivity (Wildman–Crippen MR) is 103 cm³/mol. The topological polar surface area (TPSA) is 77.5 Å². The van der Waals surface area contributed by atoms with E-state index < -0.39 is 29.3 Å². The first kappa shape index (κ1) is 20.7. The fourth-order valence-electron chi connectivity index (χ4n) is 3.75. The fraction of sp³-hybridized carbons (Fsp3) is 0.667. The molecule has 2 atom stereocenters. The van der Waals surface area contributed by atoms with Gasteiger partial charge in [0.15, 0.2) is 11.5 Å². The quantitative estimate of drug-likeness (QED) is 0.847. The molecule has 3 rings (SSSR count). The Labute approximate surface area is 166 Å². The monoisotopic (exact) mass is 393 g/mol. The molecule has 1 N–H and O–H groups in total. The molecule has 1 unspecified atom stereocenters. The van der Waals surface area contributed by atoms with Crippen molar-refractivity contribution in [1.29, 1.82) is 0 Å². The number of ether oxygens (including phenoxy) is 4. The Bertz CT molecular complexity index is 752. The Hall–Kier alpha value is -1.99. The number of carbonyl (C=O) groups excluding carboxylic acids is 1. The van der Waals surface area contributed by atoms with Gasteiger partial charge in [-0.3, -0.25) is 4.90 Å². The number of amides is 1. The summed E-state index contributed by atoms with van der Waals surface area (Å²) in [5.74, 6) is 0.666. The summed E-state index contributed by atoms with van der Waals surface area (Å²) in [6.07, 6.45) is -0.477. The van der Waals surface area contributed by atoms with E-state index in [1.807, 2.05) is 66.7 Å². The Morgan fingerprint density at radius 2 is 1.82 bits per heavy atom. The molecule has 7 nitrogen and oxygen atoms in total. The lowest BCUT2D eigenvalue weighted by molar-refractivity contribution is -0.0866. The second kappa shape index (κ2) is 6.81. The molecule has 0 spiro atoms. The smallest absolute Gasteiger partial charge is 0.412 e. The third kappa shape index (κ3) is 4.20. The highest BCUT2D eigenvalue weighted by molar-refractivity contribution is 5.70. The van der Waals surface area contributed by atoms with Gasteiger partial charge in [-0.05, 0) is 58.7 Å². The number of benzene rings is 1. The number of aliphatic hydroxyl groups is 1. The van der Waals surface area contributed by atoms with Crippen LogP contribution in [0.25, 0.3) is 0 Å². The summed E-state index contributed by atoms with van der Waals surface area (Å²) in [7, 11) is 0. The lowest BCUT2D eigenvalue weighted by Gasteiger charge is -2.35. The molecule has 1 saturated heterocycles. The van der Waals surface area contributed by atoms with E-state index >= 15 is 0 Å². The molecule has 0 aromatic heterocycles. The van der Waals surface area contributed by atoms with Gasteiger partial charge in [0.05, 0.1) is 12.6 Å². The van der Waals surface area contributed by atoms with E-state index in [9.17, 15) is 9.90 Å². The zero-order valence-electron chi connectivity index (χ0n) is 17.7. The number of aliphatic hydroxyl groups excluding tert-OH is 1. The summed E-state index contributed by atoms with van der Waals surface area (Å²) < 4.78 is 23.1. The zero-order chi connectivity index (χ0) is 20.9. The minimum absolute atomic E-state index is 0.190. The molecular weight excluding hydrogens is 362 g/mol. The predicted octanol–water partition coefficient (Wildman–Crippen LogP) is 3.47. The van der Waals surface area contributed by atoms with Gasteiger partial charge in [0.1, 0.15) is 17.4 Å². The largest absolute Gasteiger partial charge is 0.449 e. The molecule has 1 aromatic rings. The van der Waals surface area contributed by atoms with Crippen molar-refractivity contribution in [3.05, 3.63) is 23.8 Å². The van der Waals surface area contributed by atoms with E-state index in [0.29, 0.717) is 17.9 Å². The van der Waals surface area contributed by atoms with Crippen LogP contribution in [-0.2, 0) is 15.9 Å². The van der Waals surface area contributed by atoms with Gasteiger partial charge in [-0.25, -0.2) is 4.79 Å². The van der Waals surface area contributed by atoms with Crippen LogP contribution in [0.1, 0.15) is 54.0 Å². The zero-order valence-corrected chi connectivity index (χ0v) is 17.7. The maximum Gasteiger partial charge on any atom is 0.412 e. The molecule has 28 heavy (non-hydrogen) atoms.